The summed E-state index contributed by atoms with van der Waals surface area (Å²) < 4.78 is 0. The van der Waals surface area contributed by atoms with Crippen molar-refractivity contribution in [2.24, 2.45) is 0 Å². The van der Waals surface area contributed by atoms with Crippen LogP contribution >= 0.6 is 11.3 Å². The first-order chi connectivity index (χ1) is 10.2. The first-order valence-corrected chi connectivity index (χ1v) is 7.90. The van der Waals surface area contributed by atoms with Gasteiger partial charge in [-0.2, -0.15) is 0 Å². The molecule has 3 aromatic heterocycles. The Morgan fingerprint density at radius 1 is 1.14 bits per heavy atom. The largest absolute Gasteiger partial charge is 0.370 e. The molecule has 0 saturated carbocycles. The van der Waals surface area contributed by atoms with E-state index in [1.807, 2.05) is 12.1 Å². The number of hydrogen-bond acceptors (Lipinski definition) is 5. The molecule has 0 aliphatic carbocycles. The second kappa shape index (κ2) is 5.77. The molecule has 3 rings (SSSR count). The Kier molecular flexibility index (Phi) is 3.84. The van der Waals surface area contributed by atoms with Gasteiger partial charge in [-0.3, -0.25) is 4.98 Å². The topological polar surface area (TPSA) is 50.7 Å². The Hall–Kier alpha value is -2.01. The maximum atomic E-state index is 4.74. The maximum Gasteiger partial charge on any atom is 0.138 e. The zero-order valence-corrected chi connectivity index (χ0v) is 13.3. The second-order valence-corrected chi connectivity index (χ2v) is 6.22. The number of nitrogens with one attached hydrogen (secondary N) is 1. The highest BCUT2D eigenvalue weighted by Gasteiger charge is 2.14. The first-order valence-electron chi connectivity index (χ1n) is 7.08. The molecule has 0 radical (unpaired) electrons. The summed E-state index contributed by atoms with van der Waals surface area (Å²) in [5.41, 5.74) is 2.46. The zero-order chi connectivity index (χ0) is 14.8. The van der Waals surface area contributed by atoms with Crippen LogP contribution in [0.3, 0.4) is 0 Å². The van der Waals surface area contributed by atoms with E-state index in [-0.39, 0.29) is 0 Å². The van der Waals surface area contributed by atoms with E-state index in [0.717, 1.165) is 34.8 Å². The van der Waals surface area contributed by atoms with Gasteiger partial charge in [-0.15, -0.1) is 11.3 Å². The Morgan fingerprint density at radius 3 is 2.62 bits per heavy atom. The number of fused-ring (bicyclic) bond motifs is 1. The van der Waals surface area contributed by atoms with Crippen LogP contribution in [0, 0.1) is 13.8 Å². The molecule has 0 bridgehead atoms. The first kappa shape index (κ1) is 13.9. The van der Waals surface area contributed by atoms with Crippen LogP contribution in [0.1, 0.15) is 28.8 Å². The van der Waals surface area contributed by atoms with E-state index in [2.05, 4.69) is 31.1 Å². The normalized spacial score (nSPS) is 11.0. The fourth-order valence-corrected chi connectivity index (χ4v) is 3.40. The van der Waals surface area contributed by atoms with Crippen LogP contribution in [0.2, 0.25) is 0 Å². The molecule has 0 fully saturated rings. The molecule has 0 atom stereocenters. The predicted molar refractivity (Wildman–Crippen MR) is 88.1 cm³/mol. The van der Waals surface area contributed by atoms with Crippen LogP contribution in [-0.4, -0.2) is 21.5 Å². The molecule has 0 aliphatic heterocycles. The SMILES string of the molecule is CCNc1nc(Cc2ccncc2)nc2sc(C)c(C)c12. The van der Waals surface area contributed by atoms with Crippen molar-refractivity contribution >= 4 is 27.4 Å². The van der Waals surface area contributed by atoms with Crippen molar-refractivity contribution in [1.82, 2.24) is 15.0 Å². The lowest BCUT2D eigenvalue weighted by atomic mass is 10.1. The molecule has 0 spiro atoms. The minimum atomic E-state index is 0.729. The van der Waals surface area contributed by atoms with Gasteiger partial charge in [0.2, 0.25) is 0 Å². The summed E-state index contributed by atoms with van der Waals surface area (Å²) in [4.78, 5) is 15.9. The van der Waals surface area contributed by atoms with Crippen LogP contribution < -0.4 is 5.32 Å². The Balaban J connectivity index is 2.08. The van der Waals surface area contributed by atoms with Gasteiger partial charge >= 0.3 is 0 Å². The lowest BCUT2D eigenvalue weighted by Crippen LogP contribution is -2.05. The minimum Gasteiger partial charge on any atom is -0.370 e. The van der Waals surface area contributed by atoms with Gasteiger partial charge in [0.1, 0.15) is 16.5 Å². The third kappa shape index (κ3) is 2.74. The van der Waals surface area contributed by atoms with Crippen molar-refractivity contribution in [2.75, 3.05) is 11.9 Å². The van der Waals surface area contributed by atoms with Gasteiger partial charge in [-0.05, 0) is 44.0 Å². The monoisotopic (exact) mass is 298 g/mol. The molecular formula is C16H18N4S. The fourth-order valence-electron chi connectivity index (χ4n) is 2.35. The molecule has 3 heterocycles. The van der Waals surface area contributed by atoms with E-state index in [0.29, 0.717) is 0 Å². The number of hydrogen-bond donors (Lipinski definition) is 1. The molecule has 0 unspecified atom stereocenters. The number of rotatable bonds is 4. The summed E-state index contributed by atoms with van der Waals surface area (Å²) in [5, 5.41) is 4.54. The Labute approximate surface area is 128 Å². The van der Waals surface area contributed by atoms with Crippen LogP contribution in [0.15, 0.2) is 24.5 Å². The molecule has 5 heteroatoms. The van der Waals surface area contributed by atoms with Crippen LogP contribution in [0.5, 0.6) is 0 Å². The maximum absolute atomic E-state index is 4.74. The fraction of sp³-hybridized carbons (Fsp3) is 0.312. The lowest BCUT2D eigenvalue weighted by Gasteiger charge is -2.08. The van der Waals surface area contributed by atoms with E-state index in [1.165, 1.54) is 16.0 Å². The standard InChI is InChI=1S/C16H18N4S/c1-4-18-15-14-10(2)11(3)21-16(14)20-13(19-15)9-12-5-7-17-8-6-12/h5-8H,4,9H2,1-3H3,(H,18,19,20). The number of aromatic nitrogens is 3. The summed E-state index contributed by atoms with van der Waals surface area (Å²) in [5.74, 6) is 1.80. The number of pyridine rings is 1. The molecule has 0 amide bonds. The van der Waals surface area contributed by atoms with Gasteiger partial charge in [0.15, 0.2) is 0 Å². The summed E-state index contributed by atoms with van der Waals surface area (Å²) in [6.07, 6.45) is 4.34. The van der Waals surface area contributed by atoms with Gasteiger partial charge in [-0.25, -0.2) is 9.97 Å². The van der Waals surface area contributed by atoms with Crippen molar-refractivity contribution in [2.45, 2.75) is 27.2 Å². The molecule has 108 valence electrons. The highest BCUT2D eigenvalue weighted by molar-refractivity contribution is 7.18. The highest BCUT2D eigenvalue weighted by Crippen LogP contribution is 2.33. The molecule has 0 aromatic carbocycles. The average Bonchev–Trinajstić information content (AvgIpc) is 2.75. The van der Waals surface area contributed by atoms with E-state index < -0.39 is 0 Å². The molecular weight excluding hydrogens is 280 g/mol. The van der Waals surface area contributed by atoms with Gasteiger partial charge in [0, 0.05) is 30.2 Å². The highest BCUT2D eigenvalue weighted by atomic mass is 32.1. The smallest absolute Gasteiger partial charge is 0.138 e. The second-order valence-electron chi connectivity index (χ2n) is 5.01. The van der Waals surface area contributed by atoms with E-state index in [9.17, 15) is 0 Å². The number of thiophene rings is 1. The molecule has 3 aromatic rings. The van der Waals surface area contributed by atoms with Crippen molar-refractivity contribution < 1.29 is 0 Å². The predicted octanol–water partition coefficient (Wildman–Crippen LogP) is 3.73. The summed E-state index contributed by atoms with van der Waals surface area (Å²) in [7, 11) is 0. The number of nitrogens with zero attached hydrogens (tertiary/aromatic N) is 3. The van der Waals surface area contributed by atoms with E-state index >= 15 is 0 Å². The molecule has 1 N–H and O–H groups in total. The Bertz CT molecular complexity index is 765. The van der Waals surface area contributed by atoms with Gasteiger partial charge in [0.05, 0.1) is 5.39 Å². The third-order valence-corrected chi connectivity index (χ3v) is 4.63. The minimum absolute atomic E-state index is 0.729. The van der Waals surface area contributed by atoms with Crippen molar-refractivity contribution in [3.8, 4) is 0 Å². The average molecular weight is 298 g/mol. The van der Waals surface area contributed by atoms with Crippen LogP contribution in [0.25, 0.3) is 10.2 Å². The Morgan fingerprint density at radius 2 is 1.90 bits per heavy atom. The van der Waals surface area contributed by atoms with Gasteiger partial charge in [0.25, 0.3) is 0 Å². The third-order valence-electron chi connectivity index (χ3n) is 3.53. The van der Waals surface area contributed by atoms with Crippen molar-refractivity contribution in [3.63, 3.8) is 0 Å². The quantitative estimate of drug-likeness (QED) is 0.797. The molecule has 0 saturated heterocycles. The molecule has 21 heavy (non-hydrogen) atoms. The van der Waals surface area contributed by atoms with Crippen molar-refractivity contribution in [3.05, 3.63) is 46.4 Å². The summed E-state index contributed by atoms with van der Waals surface area (Å²) >= 11 is 1.74. The number of aryl methyl sites for hydroxylation is 2. The van der Waals surface area contributed by atoms with Crippen LogP contribution in [0.4, 0.5) is 5.82 Å². The molecule has 4 nitrogen and oxygen atoms in total. The number of anilines is 1. The van der Waals surface area contributed by atoms with Crippen molar-refractivity contribution in [1.29, 1.82) is 0 Å². The van der Waals surface area contributed by atoms with Gasteiger partial charge < -0.3 is 5.32 Å². The summed E-state index contributed by atoms with van der Waals surface area (Å²) in [6.45, 7) is 7.22. The lowest BCUT2D eigenvalue weighted by molar-refractivity contribution is 0.985. The van der Waals surface area contributed by atoms with Gasteiger partial charge in [-0.1, -0.05) is 0 Å². The van der Waals surface area contributed by atoms with E-state index in [1.54, 1.807) is 23.7 Å². The van der Waals surface area contributed by atoms with Crippen LogP contribution in [-0.2, 0) is 6.42 Å². The molecule has 0 aliphatic rings. The zero-order valence-electron chi connectivity index (χ0n) is 12.5. The van der Waals surface area contributed by atoms with E-state index in [4.69, 9.17) is 9.97 Å². The summed E-state index contributed by atoms with van der Waals surface area (Å²) in [6, 6.07) is 4.01.